The smallest absolute Gasteiger partial charge is 0.240 e. The predicted molar refractivity (Wildman–Crippen MR) is 56.2 cm³/mol. The van der Waals surface area contributed by atoms with E-state index in [1.807, 2.05) is 25.4 Å². The van der Waals surface area contributed by atoms with Crippen molar-refractivity contribution in [2.75, 3.05) is 7.05 Å². The van der Waals surface area contributed by atoms with Crippen molar-refractivity contribution in [3.8, 4) is 11.5 Å². The van der Waals surface area contributed by atoms with Gasteiger partial charge in [-0.1, -0.05) is 5.16 Å². The molecule has 2 rings (SSSR count). The number of aryl methyl sites for hydroxylation is 1. The molecular formula is C10H14N4O. The predicted octanol–water partition coefficient (Wildman–Crippen LogP) is 1.28. The Morgan fingerprint density at radius 3 is 3.13 bits per heavy atom. The third-order valence-electron chi connectivity index (χ3n) is 2.20. The Hall–Kier alpha value is -1.62. The average molecular weight is 206 g/mol. The highest BCUT2D eigenvalue weighted by Crippen LogP contribution is 2.16. The number of nitrogens with one attached hydrogen (secondary N) is 1. The second-order valence-corrected chi connectivity index (χ2v) is 3.22. The number of nitrogens with zero attached hydrogens (tertiary/aromatic N) is 3. The lowest BCUT2D eigenvalue weighted by molar-refractivity contribution is 0.372. The highest BCUT2D eigenvalue weighted by atomic mass is 16.5. The number of hydrogen-bond acceptors (Lipinski definition) is 4. The molecule has 1 N–H and O–H groups in total. The molecule has 0 aliphatic rings. The van der Waals surface area contributed by atoms with Crippen molar-refractivity contribution < 1.29 is 4.52 Å². The fraction of sp³-hybridized carbons (Fsp3) is 0.400. The van der Waals surface area contributed by atoms with Gasteiger partial charge in [-0.2, -0.15) is 4.98 Å². The van der Waals surface area contributed by atoms with E-state index in [-0.39, 0.29) is 0 Å². The zero-order chi connectivity index (χ0) is 10.7. The van der Waals surface area contributed by atoms with Gasteiger partial charge in [0.15, 0.2) is 0 Å². The van der Waals surface area contributed by atoms with Crippen LogP contribution in [0.2, 0.25) is 0 Å². The van der Waals surface area contributed by atoms with E-state index in [2.05, 4.69) is 26.9 Å². The van der Waals surface area contributed by atoms with Crippen molar-refractivity contribution in [2.24, 2.45) is 0 Å². The lowest BCUT2D eigenvalue weighted by atomic mass is 10.4. The molecule has 2 aromatic heterocycles. The van der Waals surface area contributed by atoms with Crippen LogP contribution < -0.4 is 5.32 Å². The zero-order valence-corrected chi connectivity index (χ0v) is 8.90. The topological polar surface area (TPSA) is 55.9 Å². The maximum atomic E-state index is 5.09. The lowest BCUT2D eigenvalue weighted by Crippen LogP contribution is -2.05. The van der Waals surface area contributed by atoms with Crippen molar-refractivity contribution >= 4 is 0 Å². The van der Waals surface area contributed by atoms with Crippen LogP contribution >= 0.6 is 0 Å². The quantitative estimate of drug-likeness (QED) is 0.818. The Labute approximate surface area is 88.1 Å². The van der Waals surface area contributed by atoms with Gasteiger partial charge in [0, 0.05) is 12.7 Å². The molecule has 5 nitrogen and oxygen atoms in total. The molecule has 0 radical (unpaired) electrons. The van der Waals surface area contributed by atoms with Crippen molar-refractivity contribution in [3.63, 3.8) is 0 Å². The lowest BCUT2D eigenvalue weighted by Gasteiger charge is -2.00. The Morgan fingerprint density at radius 1 is 1.53 bits per heavy atom. The summed E-state index contributed by atoms with van der Waals surface area (Å²) < 4.78 is 7.17. The van der Waals surface area contributed by atoms with Crippen molar-refractivity contribution in [1.82, 2.24) is 20.0 Å². The van der Waals surface area contributed by atoms with Gasteiger partial charge in [-0.3, -0.25) is 0 Å². The van der Waals surface area contributed by atoms with Gasteiger partial charge < -0.3 is 14.4 Å². The molecule has 15 heavy (non-hydrogen) atoms. The highest BCUT2D eigenvalue weighted by Gasteiger charge is 2.10. The van der Waals surface area contributed by atoms with Crippen LogP contribution in [-0.2, 0) is 13.1 Å². The minimum Gasteiger partial charge on any atom is -0.345 e. The molecule has 0 atom stereocenters. The molecule has 0 unspecified atom stereocenters. The van der Waals surface area contributed by atoms with Crippen molar-refractivity contribution in [2.45, 2.75) is 20.0 Å². The van der Waals surface area contributed by atoms with E-state index in [1.165, 1.54) is 0 Å². The SMILES string of the molecule is CCn1cccc1-c1noc(CNC)n1. The Bertz CT molecular complexity index is 432. The van der Waals surface area contributed by atoms with Crippen LogP contribution in [-0.4, -0.2) is 21.8 Å². The van der Waals surface area contributed by atoms with Crippen LogP contribution in [0.5, 0.6) is 0 Å². The van der Waals surface area contributed by atoms with Crippen molar-refractivity contribution in [1.29, 1.82) is 0 Å². The number of aromatic nitrogens is 3. The molecule has 0 bridgehead atoms. The fourth-order valence-electron chi connectivity index (χ4n) is 1.47. The molecule has 2 aromatic rings. The van der Waals surface area contributed by atoms with Crippen LogP contribution in [0.1, 0.15) is 12.8 Å². The Kier molecular flexibility index (Phi) is 2.82. The van der Waals surface area contributed by atoms with Gasteiger partial charge in [0.1, 0.15) is 0 Å². The van der Waals surface area contributed by atoms with Crippen molar-refractivity contribution in [3.05, 3.63) is 24.2 Å². The van der Waals surface area contributed by atoms with Gasteiger partial charge in [-0.15, -0.1) is 0 Å². The van der Waals surface area contributed by atoms with Crippen LogP contribution in [0.15, 0.2) is 22.9 Å². The summed E-state index contributed by atoms with van der Waals surface area (Å²) in [5.41, 5.74) is 0.989. The monoisotopic (exact) mass is 206 g/mol. The van der Waals surface area contributed by atoms with E-state index in [0.29, 0.717) is 18.3 Å². The third kappa shape index (κ3) is 1.92. The summed E-state index contributed by atoms with van der Waals surface area (Å²) in [6.07, 6.45) is 2.00. The molecule has 80 valence electrons. The minimum absolute atomic E-state index is 0.597. The summed E-state index contributed by atoms with van der Waals surface area (Å²) in [6.45, 7) is 3.58. The van der Waals surface area contributed by atoms with Gasteiger partial charge in [0.2, 0.25) is 11.7 Å². The largest absolute Gasteiger partial charge is 0.345 e. The second kappa shape index (κ2) is 4.27. The summed E-state index contributed by atoms with van der Waals surface area (Å²) in [4.78, 5) is 4.29. The molecule has 5 heteroatoms. The molecule has 0 amide bonds. The normalized spacial score (nSPS) is 10.8. The van der Waals surface area contributed by atoms with Gasteiger partial charge in [-0.25, -0.2) is 0 Å². The van der Waals surface area contributed by atoms with Crippen LogP contribution in [0.25, 0.3) is 11.5 Å². The first-order valence-corrected chi connectivity index (χ1v) is 4.98. The molecular weight excluding hydrogens is 192 g/mol. The van der Waals surface area contributed by atoms with Gasteiger partial charge in [0.05, 0.1) is 12.2 Å². The first-order chi connectivity index (χ1) is 7.35. The number of hydrogen-bond donors (Lipinski definition) is 1. The summed E-state index contributed by atoms with van der Waals surface area (Å²) in [7, 11) is 1.85. The second-order valence-electron chi connectivity index (χ2n) is 3.22. The van der Waals surface area contributed by atoms with Gasteiger partial charge in [-0.05, 0) is 26.1 Å². The van der Waals surface area contributed by atoms with E-state index in [9.17, 15) is 0 Å². The average Bonchev–Trinajstić information content (AvgIpc) is 2.84. The first-order valence-electron chi connectivity index (χ1n) is 4.98. The highest BCUT2D eigenvalue weighted by molar-refractivity contribution is 5.49. The molecule has 0 aliphatic heterocycles. The summed E-state index contributed by atoms with van der Waals surface area (Å²) in [5.74, 6) is 1.25. The molecule has 0 fully saturated rings. The third-order valence-corrected chi connectivity index (χ3v) is 2.20. The summed E-state index contributed by atoms with van der Waals surface area (Å²) >= 11 is 0. The van der Waals surface area contributed by atoms with Crippen LogP contribution in [0.4, 0.5) is 0 Å². The van der Waals surface area contributed by atoms with Gasteiger partial charge in [0.25, 0.3) is 0 Å². The minimum atomic E-state index is 0.597. The maximum Gasteiger partial charge on any atom is 0.240 e. The zero-order valence-electron chi connectivity index (χ0n) is 8.90. The molecule has 0 saturated carbocycles. The summed E-state index contributed by atoms with van der Waals surface area (Å²) in [5, 5.41) is 6.91. The van der Waals surface area contributed by atoms with E-state index in [0.717, 1.165) is 12.2 Å². The van der Waals surface area contributed by atoms with E-state index >= 15 is 0 Å². The molecule has 2 heterocycles. The fourth-order valence-corrected chi connectivity index (χ4v) is 1.47. The molecule has 0 aliphatic carbocycles. The molecule has 0 spiro atoms. The van der Waals surface area contributed by atoms with E-state index in [4.69, 9.17) is 4.52 Å². The maximum absolute atomic E-state index is 5.09. The summed E-state index contributed by atoms with van der Waals surface area (Å²) in [6, 6.07) is 3.96. The van der Waals surface area contributed by atoms with E-state index in [1.54, 1.807) is 0 Å². The van der Waals surface area contributed by atoms with E-state index < -0.39 is 0 Å². The van der Waals surface area contributed by atoms with Crippen LogP contribution in [0.3, 0.4) is 0 Å². The Morgan fingerprint density at radius 2 is 2.40 bits per heavy atom. The standard InChI is InChI=1S/C10H14N4O/c1-3-14-6-4-5-8(14)10-12-9(7-11-2)15-13-10/h4-6,11H,3,7H2,1-2H3. The molecule has 0 aromatic carbocycles. The van der Waals surface area contributed by atoms with Gasteiger partial charge >= 0.3 is 0 Å². The molecule has 0 saturated heterocycles. The number of rotatable bonds is 4. The Balaban J connectivity index is 2.28. The first kappa shape index (κ1) is 9.92. The van der Waals surface area contributed by atoms with Crippen LogP contribution in [0, 0.1) is 0 Å².